The highest BCUT2D eigenvalue weighted by Crippen LogP contribution is 2.27. The van der Waals surface area contributed by atoms with Crippen LogP contribution in [0.4, 0.5) is 20.2 Å². The van der Waals surface area contributed by atoms with Crippen molar-refractivity contribution in [3.05, 3.63) is 58.6 Å². The molecule has 2 nitrogen and oxygen atoms in total. The smallest absolute Gasteiger partial charge is 0.151 e. The van der Waals surface area contributed by atoms with E-state index in [-0.39, 0.29) is 17.4 Å². The van der Waals surface area contributed by atoms with Gasteiger partial charge >= 0.3 is 0 Å². The van der Waals surface area contributed by atoms with E-state index in [1.165, 1.54) is 6.07 Å². The molecule has 2 rings (SSSR count). The fourth-order valence-corrected chi connectivity index (χ4v) is 1.90. The third-order valence-electron chi connectivity index (χ3n) is 2.84. The van der Waals surface area contributed by atoms with E-state index in [1.807, 2.05) is 19.1 Å². The fraction of sp³-hybridized carbons (Fsp3) is 0.143. The first-order valence-corrected chi connectivity index (χ1v) is 6.11. The van der Waals surface area contributed by atoms with Crippen molar-refractivity contribution in [1.29, 1.82) is 0 Å². The van der Waals surface area contributed by atoms with Crippen LogP contribution >= 0.6 is 11.6 Å². The Balaban J connectivity index is 2.23. The zero-order valence-electron chi connectivity index (χ0n) is 10.3. The van der Waals surface area contributed by atoms with Crippen molar-refractivity contribution >= 4 is 23.0 Å². The molecule has 0 aliphatic carbocycles. The zero-order valence-corrected chi connectivity index (χ0v) is 11.0. The van der Waals surface area contributed by atoms with Gasteiger partial charge in [0.25, 0.3) is 0 Å². The number of rotatable bonds is 3. The minimum atomic E-state index is -0.772. The summed E-state index contributed by atoms with van der Waals surface area (Å²) < 4.78 is 26.5. The van der Waals surface area contributed by atoms with Gasteiger partial charge in [0.15, 0.2) is 5.82 Å². The Bertz CT molecular complexity index is 585. The summed E-state index contributed by atoms with van der Waals surface area (Å²) in [5.74, 6) is -1.44. The van der Waals surface area contributed by atoms with Crippen LogP contribution in [0, 0.1) is 11.6 Å². The van der Waals surface area contributed by atoms with E-state index < -0.39 is 11.6 Å². The van der Waals surface area contributed by atoms with Crippen LogP contribution in [0.25, 0.3) is 0 Å². The Morgan fingerprint density at radius 3 is 2.42 bits per heavy atom. The van der Waals surface area contributed by atoms with Crippen molar-refractivity contribution in [3.8, 4) is 0 Å². The van der Waals surface area contributed by atoms with Gasteiger partial charge < -0.3 is 11.1 Å². The maximum absolute atomic E-state index is 13.3. The Kier molecular flexibility index (Phi) is 3.90. The molecule has 0 saturated carbocycles. The maximum atomic E-state index is 13.3. The zero-order chi connectivity index (χ0) is 14.0. The van der Waals surface area contributed by atoms with Crippen LogP contribution in [0.5, 0.6) is 0 Å². The van der Waals surface area contributed by atoms with E-state index in [2.05, 4.69) is 5.32 Å². The number of anilines is 2. The van der Waals surface area contributed by atoms with Gasteiger partial charge in [-0.25, -0.2) is 8.78 Å². The lowest BCUT2D eigenvalue weighted by atomic mass is 10.1. The average Bonchev–Trinajstić information content (AvgIpc) is 2.36. The predicted molar refractivity (Wildman–Crippen MR) is 74.3 cm³/mol. The van der Waals surface area contributed by atoms with Crippen molar-refractivity contribution in [2.24, 2.45) is 0 Å². The number of nitrogen functional groups attached to an aromatic ring is 1. The standard InChI is InChI=1S/C14H13ClF2N2/c1-8(9-2-4-10(15)5-3-9)19-13-7-11(16)6-12(17)14(13)18/h2-8,19H,18H2,1H3. The minimum Gasteiger partial charge on any atom is -0.395 e. The number of benzene rings is 2. The second-order valence-electron chi connectivity index (χ2n) is 4.27. The van der Waals surface area contributed by atoms with Crippen LogP contribution in [-0.2, 0) is 0 Å². The first-order valence-electron chi connectivity index (χ1n) is 5.74. The lowest BCUT2D eigenvalue weighted by molar-refractivity contribution is 0.586. The van der Waals surface area contributed by atoms with Crippen molar-refractivity contribution in [1.82, 2.24) is 0 Å². The SMILES string of the molecule is CC(Nc1cc(F)cc(F)c1N)c1ccc(Cl)cc1. The lowest BCUT2D eigenvalue weighted by Gasteiger charge is -2.17. The summed E-state index contributed by atoms with van der Waals surface area (Å²) >= 11 is 5.80. The quantitative estimate of drug-likeness (QED) is 0.820. The number of halogens is 3. The molecule has 2 aromatic rings. The number of nitrogens with two attached hydrogens (primary N) is 1. The third kappa shape index (κ3) is 3.15. The highest BCUT2D eigenvalue weighted by molar-refractivity contribution is 6.30. The molecule has 5 heteroatoms. The van der Waals surface area contributed by atoms with Gasteiger partial charge in [0.2, 0.25) is 0 Å². The van der Waals surface area contributed by atoms with E-state index in [0.717, 1.165) is 11.6 Å². The summed E-state index contributed by atoms with van der Waals surface area (Å²) in [6.45, 7) is 1.87. The molecule has 100 valence electrons. The molecule has 0 spiro atoms. The Morgan fingerprint density at radius 2 is 1.79 bits per heavy atom. The molecule has 19 heavy (non-hydrogen) atoms. The summed E-state index contributed by atoms with van der Waals surface area (Å²) in [5.41, 5.74) is 6.66. The molecule has 0 aliphatic rings. The minimum absolute atomic E-state index is 0.0952. The van der Waals surface area contributed by atoms with Gasteiger partial charge in [-0.15, -0.1) is 0 Å². The second-order valence-corrected chi connectivity index (χ2v) is 4.70. The van der Waals surface area contributed by atoms with Gasteiger partial charge in [-0.3, -0.25) is 0 Å². The molecule has 0 radical (unpaired) electrons. The average molecular weight is 283 g/mol. The topological polar surface area (TPSA) is 38.0 Å². The summed E-state index contributed by atoms with van der Waals surface area (Å²) in [7, 11) is 0. The maximum Gasteiger partial charge on any atom is 0.151 e. The highest BCUT2D eigenvalue weighted by atomic mass is 35.5. The molecular formula is C14H13ClF2N2. The molecule has 0 amide bonds. The molecular weight excluding hydrogens is 270 g/mol. The monoisotopic (exact) mass is 282 g/mol. The van der Waals surface area contributed by atoms with E-state index in [1.54, 1.807) is 12.1 Å². The molecule has 0 fully saturated rings. The van der Waals surface area contributed by atoms with E-state index in [9.17, 15) is 8.78 Å². The van der Waals surface area contributed by atoms with E-state index >= 15 is 0 Å². The van der Waals surface area contributed by atoms with Crippen LogP contribution in [-0.4, -0.2) is 0 Å². The van der Waals surface area contributed by atoms with Crippen LogP contribution < -0.4 is 11.1 Å². The molecule has 3 N–H and O–H groups in total. The lowest BCUT2D eigenvalue weighted by Crippen LogP contribution is -2.09. The van der Waals surface area contributed by atoms with E-state index in [0.29, 0.717) is 5.02 Å². The second kappa shape index (κ2) is 5.45. The first kappa shape index (κ1) is 13.6. The molecule has 0 saturated heterocycles. The van der Waals surface area contributed by atoms with Crippen molar-refractivity contribution in [2.75, 3.05) is 11.1 Å². The summed E-state index contributed by atoms with van der Waals surface area (Å²) in [5, 5.41) is 3.61. The Morgan fingerprint density at radius 1 is 1.16 bits per heavy atom. The fourth-order valence-electron chi connectivity index (χ4n) is 1.77. The molecule has 0 aliphatic heterocycles. The molecule has 2 aromatic carbocycles. The summed E-state index contributed by atoms with van der Waals surface area (Å²) in [6.07, 6.45) is 0. The number of hydrogen-bond donors (Lipinski definition) is 2. The van der Waals surface area contributed by atoms with Crippen LogP contribution in [0.2, 0.25) is 5.02 Å². The largest absolute Gasteiger partial charge is 0.395 e. The molecule has 1 atom stereocenters. The molecule has 0 heterocycles. The molecule has 0 aromatic heterocycles. The van der Waals surface area contributed by atoms with Gasteiger partial charge in [0.05, 0.1) is 11.4 Å². The third-order valence-corrected chi connectivity index (χ3v) is 3.09. The number of hydrogen-bond acceptors (Lipinski definition) is 2. The number of nitrogens with one attached hydrogen (secondary N) is 1. The highest BCUT2D eigenvalue weighted by Gasteiger charge is 2.11. The van der Waals surface area contributed by atoms with Crippen molar-refractivity contribution in [3.63, 3.8) is 0 Å². The predicted octanol–water partition coefficient (Wildman–Crippen LogP) is 4.37. The van der Waals surface area contributed by atoms with Gasteiger partial charge in [0.1, 0.15) is 5.82 Å². The Hall–Kier alpha value is -1.81. The van der Waals surface area contributed by atoms with Crippen LogP contribution in [0.1, 0.15) is 18.5 Å². The van der Waals surface area contributed by atoms with Gasteiger partial charge in [0, 0.05) is 17.1 Å². The molecule has 1 unspecified atom stereocenters. The first-order chi connectivity index (χ1) is 8.97. The van der Waals surface area contributed by atoms with Gasteiger partial charge in [-0.2, -0.15) is 0 Å². The van der Waals surface area contributed by atoms with Crippen molar-refractivity contribution < 1.29 is 8.78 Å². The van der Waals surface area contributed by atoms with Gasteiger partial charge in [-0.05, 0) is 30.7 Å². The van der Waals surface area contributed by atoms with Crippen LogP contribution in [0.15, 0.2) is 36.4 Å². The summed E-state index contributed by atoms with van der Waals surface area (Å²) in [6, 6.07) is 8.96. The Labute approximate surface area is 115 Å². The summed E-state index contributed by atoms with van der Waals surface area (Å²) in [4.78, 5) is 0. The van der Waals surface area contributed by atoms with Crippen molar-refractivity contribution in [2.45, 2.75) is 13.0 Å². The van der Waals surface area contributed by atoms with E-state index in [4.69, 9.17) is 17.3 Å². The normalized spacial score (nSPS) is 12.2. The van der Waals surface area contributed by atoms with Gasteiger partial charge in [-0.1, -0.05) is 23.7 Å². The van der Waals surface area contributed by atoms with Crippen LogP contribution in [0.3, 0.4) is 0 Å². The molecule has 0 bridgehead atoms.